The zero-order valence-corrected chi connectivity index (χ0v) is 9.22. The number of nitrogens with zero attached hydrogens (tertiary/aromatic N) is 3. The van der Waals surface area contributed by atoms with E-state index in [0.29, 0.717) is 12.6 Å². The van der Waals surface area contributed by atoms with Crippen LogP contribution in [0.5, 0.6) is 6.01 Å². The first-order valence-corrected chi connectivity index (χ1v) is 5.89. The second kappa shape index (κ2) is 4.59. The van der Waals surface area contributed by atoms with Gasteiger partial charge in [0, 0.05) is 24.6 Å². The van der Waals surface area contributed by atoms with Crippen molar-refractivity contribution in [2.75, 3.05) is 24.6 Å². The van der Waals surface area contributed by atoms with Crippen molar-refractivity contribution in [2.45, 2.75) is 26.2 Å². The minimum atomic E-state index is 0.526. The van der Waals surface area contributed by atoms with Gasteiger partial charge >= 0.3 is 6.01 Å². The predicted molar refractivity (Wildman–Crippen MR) is 57.1 cm³/mol. The van der Waals surface area contributed by atoms with E-state index in [1.165, 1.54) is 30.8 Å². The zero-order valence-electron chi connectivity index (χ0n) is 8.40. The van der Waals surface area contributed by atoms with Crippen LogP contribution in [-0.2, 0) is 0 Å². The van der Waals surface area contributed by atoms with Crippen molar-refractivity contribution < 1.29 is 4.74 Å². The predicted octanol–water partition coefficient (Wildman–Crippen LogP) is 1.93. The number of rotatable bonds is 3. The molecule has 78 valence electrons. The topological polar surface area (TPSA) is 38.2 Å². The minimum absolute atomic E-state index is 0.526. The van der Waals surface area contributed by atoms with Gasteiger partial charge in [-0.05, 0) is 26.2 Å². The Bertz CT molecular complexity index is 283. The second-order valence-electron chi connectivity index (χ2n) is 3.34. The number of hydrogen-bond donors (Lipinski definition) is 0. The molecule has 0 atom stereocenters. The Balaban J connectivity index is 2.00. The first-order chi connectivity index (χ1) is 6.90. The number of anilines is 1. The zero-order chi connectivity index (χ0) is 9.80. The fourth-order valence-corrected chi connectivity index (χ4v) is 2.27. The van der Waals surface area contributed by atoms with Crippen LogP contribution in [0, 0.1) is 0 Å². The molecule has 2 rings (SSSR count). The van der Waals surface area contributed by atoms with Crippen molar-refractivity contribution in [1.29, 1.82) is 0 Å². The van der Waals surface area contributed by atoms with Crippen molar-refractivity contribution in [3.05, 3.63) is 0 Å². The molecule has 0 aromatic carbocycles. The molecule has 0 aliphatic carbocycles. The molecule has 4 nitrogen and oxygen atoms in total. The van der Waals surface area contributed by atoms with Crippen LogP contribution in [0.4, 0.5) is 5.13 Å². The Morgan fingerprint density at radius 3 is 2.86 bits per heavy atom. The second-order valence-corrected chi connectivity index (χ2v) is 4.07. The smallest absolute Gasteiger partial charge is 0.330 e. The lowest BCUT2D eigenvalue weighted by Crippen LogP contribution is -2.29. The molecule has 0 radical (unpaired) electrons. The molecule has 0 saturated carbocycles. The van der Waals surface area contributed by atoms with E-state index < -0.39 is 0 Å². The molecule has 0 amide bonds. The molecule has 0 unspecified atom stereocenters. The van der Waals surface area contributed by atoms with Crippen LogP contribution in [0.15, 0.2) is 0 Å². The maximum atomic E-state index is 5.24. The van der Waals surface area contributed by atoms with Crippen LogP contribution in [0.25, 0.3) is 0 Å². The van der Waals surface area contributed by atoms with Crippen LogP contribution in [0.1, 0.15) is 26.2 Å². The van der Waals surface area contributed by atoms with E-state index in [1.807, 2.05) is 6.92 Å². The molecular weight excluding hydrogens is 198 g/mol. The fourth-order valence-electron chi connectivity index (χ4n) is 1.60. The molecule has 0 spiro atoms. The van der Waals surface area contributed by atoms with Crippen LogP contribution >= 0.6 is 11.5 Å². The summed E-state index contributed by atoms with van der Waals surface area (Å²) >= 11 is 1.44. The number of hydrogen-bond acceptors (Lipinski definition) is 5. The average molecular weight is 213 g/mol. The van der Waals surface area contributed by atoms with Gasteiger partial charge in [0.25, 0.3) is 0 Å². The van der Waals surface area contributed by atoms with Crippen molar-refractivity contribution in [2.24, 2.45) is 0 Å². The van der Waals surface area contributed by atoms with Crippen LogP contribution in [-0.4, -0.2) is 29.1 Å². The summed E-state index contributed by atoms with van der Waals surface area (Å²) in [4.78, 5) is 6.63. The maximum Gasteiger partial charge on any atom is 0.330 e. The largest absolute Gasteiger partial charge is 0.463 e. The van der Waals surface area contributed by atoms with Gasteiger partial charge in [0.05, 0.1) is 6.61 Å². The van der Waals surface area contributed by atoms with E-state index in [1.54, 1.807) is 0 Å². The highest BCUT2D eigenvalue weighted by Crippen LogP contribution is 2.23. The summed E-state index contributed by atoms with van der Waals surface area (Å²) in [6.45, 7) is 4.80. The van der Waals surface area contributed by atoms with Crippen molar-refractivity contribution in [3.63, 3.8) is 0 Å². The SMILES string of the molecule is CCOc1nsc(N2CCCCC2)n1. The third kappa shape index (κ3) is 2.15. The minimum Gasteiger partial charge on any atom is -0.463 e. The van der Waals surface area contributed by atoms with Gasteiger partial charge < -0.3 is 9.64 Å². The highest BCUT2D eigenvalue weighted by molar-refractivity contribution is 7.09. The maximum absolute atomic E-state index is 5.24. The summed E-state index contributed by atoms with van der Waals surface area (Å²) in [7, 11) is 0. The van der Waals surface area contributed by atoms with Crippen molar-refractivity contribution in [3.8, 4) is 6.01 Å². The van der Waals surface area contributed by atoms with E-state index in [-0.39, 0.29) is 0 Å². The summed E-state index contributed by atoms with van der Waals surface area (Å²) in [5.41, 5.74) is 0. The summed E-state index contributed by atoms with van der Waals surface area (Å²) in [5.74, 6) is 0. The van der Waals surface area contributed by atoms with Gasteiger partial charge in [0.15, 0.2) is 0 Å². The van der Waals surface area contributed by atoms with E-state index >= 15 is 0 Å². The lowest BCUT2D eigenvalue weighted by Gasteiger charge is -2.25. The molecule has 1 aliphatic heterocycles. The molecule has 1 fully saturated rings. The highest BCUT2D eigenvalue weighted by Gasteiger charge is 2.15. The summed E-state index contributed by atoms with van der Waals surface area (Å²) in [6, 6.07) is 0.526. The molecule has 14 heavy (non-hydrogen) atoms. The molecule has 1 saturated heterocycles. The quantitative estimate of drug-likeness (QED) is 0.769. The molecule has 1 aliphatic rings. The lowest BCUT2D eigenvalue weighted by molar-refractivity contribution is 0.317. The van der Waals surface area contributed by atoms with E-state index in [9.17, 15) is 0 Å². The van der Waals surface area contributed by atoms with Crippen LogP contribution < -0.4 is 9.64 Å². The number of piperidine rings is 1. The average Bonchev–Trinajstić information content (AvgIpc) is 2.68. The van der Waals surface area contributed by atoms with E-state index in [2.05, 4.69) is 14.3 Å². The van der Waals surface area contributed by atoms with Crippen LogP contribution in [0.2, 0.25) is 0 Å². The third-order valence-corrected chi connectivity index (χ3v) is 3.06. The summed E-state index contributed by atoms with van der Waals surface area (Å²) < 4.78 is 9.39. The fraction of sp³-hybridized carbons (Fsp3) is 0.778. The van der Waals surface area contributed by atoms with Gasteiger partial charge in [-0.25, -0.2) is 0 Å². The first kappa shape index (κ1) is 9.71. The molecule has 5 heteroatoms. The molecular formula is C9H15N3OS. The summed E-state index contributed by atoms with van der Waals surface area (Å²) in [6.07, 6.45) is 3.88. The monoisotopic (exact) mass is 213 g/mol. The Labute approximate surface area is 88.1 Å². The molecule has 1 aromatic heterocycles. The first-order valence-electron chi connectivity index (χ1n) is 5.11. The van der Waals surface area contributed by atoms with Gasteiger partial charge in [-0.1, -0.05) is 0 Å². The highest BCUT2D eigenvalue weighted by atomic mass is 32.1. The third-order valence-electron chi connectivity index (χ3n) is 2.30. The normalized spacial score (nSPS) is 17.1. The van der Waals surface area contributed by atoms with Crippen molar-refractivity contribution in [1.82, 2.24) is 9.36 Å². The Kier molecular flexibility index (Phi) is 3.18. The Morgan fingerprint density at radius 2 is 2.14 bits per heavy atom. The van der Waals surface area contributed by atoms with Gasteiger partial charge in [0.1, 0.15) is 0 Å². The van der Waals surface area contributed by atoms with Crippen LogP contribution in [0.3, 0.4) is 0 Å². The van der Waals surface area contributed by atoms with E-state index in [0.717, 1.165) is 18.2 Å². The van der Waals surface area contributed by atoms with Gasteiger partial charge in [0.2, 0.25) is 5.13 Å². The Morgan fingerprint density at radius 1 is 1.36 bits per heavy atom. The van der Waals surface area contributed by atoms with Gasteiger partial charge in [-0.15, -0.1) is 4.37 Å². The molecule has 0 N–H and O–H groups in total. The van der Waals surface area contributed by atoms with Crippen molar-refractivity contribution >= 4 is 16.7 Å². The molecule has 0 bridgehead atoms. The van der Waals surface area contributed by atoms with Gasteiger partial charge in [-0.3, -0.25) is 0 Å². The van der Waals surface area contributed by atoms with E-state index in [4.69, 9.17) is 4.74 Å². The number of aromatic nitrogens is 2. The number of ether oxygens (including phenoxy) is 1. The molecule has 1 aromatic rings. The lowest BCUT2D eigenvalue weighted by atomic mass is 10.1. The van der Waals surface area contributed by atoms with Gasteiger partial charge in [-0.2, -0.15) is 4.98 Å². The summed E-state index contributed by atoms with van der Waals surface area (Å²) in [5, 5.41) is 1.01. The molecule has 2 heterocycles. The standard InChI is InChI=1S/C9H15N3OS/c1-2-13-8-10-9(14-11-8)12-6-4-3-5-7-12/h2-7H2,1H3. The Hall–Kier alpha value is -0.840.